The van der Waals surface area contributed by atoms with Crippen LogP contribution in [-0.2, 0) is 0 Å². The zero-order chi connectivity index (χ0) is 43.6. The van der Waals surface area contributed by atoms with Crippen LogP contribution in [0.15, 0.2) is 211 Å². The van der Waals surface area contributed by atoms with Crippen molar-refractivity contribution in [2.75, 3.05) is 0 Å². The number of rotatable bonds is 5. The summed E-state index contributed by atoms with van der Waals surface area (Å²) >= 11 is 0. The van der Waals surface area contributed by atoms with Crippen molar-refractivity contribution >= 4 is 60.0 Å². The van der Waals surface area contributed by atoms with Crippen molar-refractivity contribution in [2.24, 2.45) is 0 Å². The highest BCUT2D eigenvalue weighted by atomic mass is 16.3. The Morgan fingerprint density at radius 3 is 1.52 bits per heavy atom. The monoisotopic (exact) mass is 844 g/mol. The Bertz CT molecular complexity index is 4180. The maximum atomic E-state index is 15.0. The van der Waals surface area contributed by atoms with Gasteiger partial charge in [0.1, 0.15) is 11.5 Å². The molecule has 3 aromatic heterocycles. The van der Waals surface area contributed by atoms with E-state index in [-0.39, 0.29) is 5.56 Å². The highest BCUT2D eigenvalue weighted by molar-refractivity contribution is 6.22. The Balaban J connectivity index is 0.992. The maximum Gasteiger partial charge on any atom is 0.264 e. The summed E-state index contributed by atoms with van der Waals surface area (Å²) in [4.78, 5) is 25.7. The minimum Gasteiger partial charge on any atom is -0.369 e. The average Bonchev–Trinajstić information content (AvgIpc) is 3.98. The number of fused-ring (bicyclic) bond motifs is 8. The quantitative estimate of drug-likeness (QED) is 0.187. The third-order valence-corrected chi connectivity index (χ3v) is 13.8. The summed E-state index contributed by atoms with van der Waals surface area (Å²) in [5.41, 5.74) is 15.9. The van der Waals surface area contributed by atoms with Crippen molar-refractivity contribution in [1.82, 2.24) is 18.9 Å². The molecule has 0 spiro atoms. The first kappa shape index (κ1) is 36.7. The van der Waals surface area contributed by atoms with Gasteiger partial charge in [0.15, 0.2) is 6.23 Å². The lowest BCUT2D eigenvalue weighted by Crippen LogP contribution is -2.16. The van der Waals surface area contributed by atoms with E-state index >= 15 is 0 Å². The molecule has 0 saturated heterocycles. The fraction of sp³-hybridized carbons (Fsp3) is 0.0167. The van der Waals surface area contributed by atoms with Crippen molar-refractivity contribution in [1.29, 1.82) is 0 Å². The normalized spacial score (nSPS) is 13.4. The number of pyridine rings is 1. The predicted octanol–water partition coefficient (Wildman–Crippen LogP) is 13.9. The number of hydrogen-bond acceptors (Lipinski definition) is 4. The van der Waals surface area contributed by atoms with E-state index in [1.54, 1.807) is 0 Å². The number of benzene rings is 10. The van der Waals surface area contributed by atoms with Crippen molar-refractivity contribution in [3.8, 4) is 67.0 Å². The van der Waals surface area contributed by atoms with Gasteiger partial charge in [-0.2, -0.15) is 0 Å². The van der Waals surface area contributed by atoms with Crippen LogP contribution in [0.4, 0.5) is 0 Å². The van der Waals surface area contributed by atoms with Gasteiger partial charge in [-0.15, -0.1) is 0 Å². The molecule has 0 saturated carbocycles. The third kappa shape index (κ3) is 5.18. The van der Waals surface area contributed by atoms with Gasteiger partial charge in [0, 0.05) is 43.8 Å². The fourth-order valence-corrected chi connectivity index (χ4v) is 10.8. The molecular formula is C60H36N4O2. The highest BCUT2D eigenvalue weighted by Crippen LogP contribution is 2.48. The van der Waals surface area contributed by atoms with Crippen molar-refractivity contribution in [2.45, 2.75) is 6.23 Å². The molecule has 14 rings (SSSR count). The number of aliphatic hydroxyl groups excluding tert-OH is 1. The number of aromatic nitrogens is 4. The minimum absolute atomic E-state index is 0.101. The Hall–Kier alpha value is -8.71. The van der Waals surface area contributed by atoms with Crippen LogP contribution in [0.3, 0.4) is 0 Å². The van der Waals surface area contributed by atoms with Crippen LogP contribution in [0.2, 0.25) is 0 Å². The zero-order valence-corrected chi connectivity index (χ0v) is 35.4. The first-order valence-corrected chi connectivity index (χ1v) is 22.3. The van der Waals surface area contributed by atoms with Gasteiger partial charge in [0.05, 0.1) is 22.1 Å². The molecule has 13 aromatic rings. The zero-order valence-electron chi connectivity index (χ0n) is 35.4. The second kappa shape index (κ2) is 13.9. The number of aliphatic hydroxyl groups is 1. The van der Waals surface area contributed by atoms with E-state index in [1.165, 1.54) is 0 Å². The largest absolute Gasteiger partial charge is 0.369 e. The first-order chi connectivity index (χ1) is 32.6. The van der Waals surface area contributed by atoms with Crippen LogP contribution in [0, 0.1) is 0 Å². The van der Waals surface area contributed by atoms with E-state index < -0.39 is 6.23 Å². The van der Waals surface area contributed by atoms with Gasteiger partial charge in [-0.1, -0.05) is 164 Å². The summed E-state index contributed by atoms with van der Waals surface area (Å²) in [6, 6.07) is 70.9. The molecule has 1 N–H and O–H groups in total. The molecule has 4 heterocycles. The van der Waals surface area contributed by atoms with Crippen molar-refractivity contribution in [3.05, 3.63) is 222 Å². The molecular weight excluding hydrogens is 809 g/mol. The summed E-state index contributed by atoms with van der Waals surface area (Å²) in [5.74, 6) is 0.724. The molecule has 0 amide bonds. The molecule has 0 aliphatic carbocycles. The summed E-state index contributed by atoms with van der Waals surface area (Å²) in [6.45, 7) is 0. The van der Waals surface area contributed by atoms with Crippen LogP contribution < -0.4 is 5.56 Å². The van der Waals surface area contributed by atoms with Crippen LogP contribution in [-0.4, -0.2) is 24.0 Å². The Kier molecular flexibility index (Phi) is 7.73. The molecule has 1 unspecified atom stereocenters. The summed E-state index contributed by atoms with van der Waals surface area (Å²) in [5, 5.41) is 17.9. The molecule has 1 aliphatic heterocycles. The lowest BCUT2D eigenvalue weighted by atomic mass is 9.87. The smallest absolute Gasteiger partial charge is 0.264 e. The summed E-state index contributed by atoms with van der Waals surface area (Å²) in [7, 11) is 0. The van der Waals surface area contributed by atoms with Gasteiger partial charge < -0.3 is 5.11 Å². The van der Waals surface area contributed by atoms with Crippen LogP contribution in [0.25, 0.3) is 127 Å². The molecule has 66 heavy (non-hydrogen) atoms. The topological polar surface area (TPSA) is 72.4 Å². The maximum absolute atomic E-state index is 15.0. The minimum atomic E-state index is -0.976. The van der Waals surface area contributed by atoms with Crippen LogP contribution in [0.1, 0.15) is 11.8 Å². The second-order valence-electron chi connectivity index (χ2n) is 17.3. The van der Waals surface area contributed by atoms with E-state index in [0.29, 0.717) is 11.0 Å². The van der Waals surface area contributed by atoms with E-state index in [9.17, 15) is 9.90 Å². The lowest BCUT2D eigenvalue weighted by molar-refractivity contribution is 0.152. The summed E-state index contributed by atoms with van der Waals surface area (Å²) < 4.78 is 3.81. The molecule has 0 radical (unpaired) electrons. The third-order valence-electron chi connectivity index (χ3n) is 13.8. The molecule has 10 aromatic carbocycles. The van der Waals surface area contributed by atoms with E-state index in [1.807, 2.05) is 81.8 Å². The van der Waals surface area contributed by atoms with Crippen LogP contribution in [0.5, 0.6) is 0 Å². The van der Waals surface area contributed by atoms with Gasteiger partial charge in [-0.3, -0.25) is 13.8 Å². The molecule has 6 heteroatoms. The second-order valence-corrected chi connectivity index (χ2v) is 17.3. The fourth-order valence-electron chi connectivity index (χ4n) is 10.8. The molecule has 1 atom stereocenters. The molecule has 6 nitrogen and oxygen atoms in total. The Labute approximate surface area is 377 Å². The Morgan fingerprint density at radius 1 is 0.394 bits per heavy atom. The molecule has 1 aliphatic rings. The van der Waals surface area contributed by atoms with Gasteiger partial charge in [-0.25, -0.2) is 9.97 Å². The average molecular weight is 845 g/mol. The van der Waals surface area contributed by atoms with E-state index in [2.05, 4.69) is 133 Å². The van der Waals surface area contributed by atoms with E-state index in [4.69, 9.17) is 9.97 Å². The molecule has 0 fully saturated rings. The van der Waals surface area contributed by atoms with Gasteiger partial charge in [0.25, 0.3) is 5.56 Å². The van der Waals surface area contributed by atoms with Crippen molar-refractivity contribution < 1.29 is 5.11 Å². The van der Waals surface area contributed by atoms with Gasteiger partial charge in [-0.05, 0) is 97.7 Å². The van der Waals surface area contributed by atoms with E-state index in [0.717, 1.165) is 122 Å². The lowest BCUT2D eigenvalue weighted by Gasteiger charge is -2.26. The number of hydrogen-bond donors (Lipinski definition) is 1. The molecule has 308 valence electrons. The van der Waals surface area contributed by atoms with Gasteiger partial charge in [0.2, 0.25) is 0 Å². The highest BCUT2D eigenvalue weighted by Gasteiger charge is 2.31. The van der Waals surface area contributed by atoms with Gasteiger partial charge >= 0.3 is 0 Å². The number of imidazole rings is 2. The standard InChI is InChI=1S/C60H36N4O2/c65-59-47-25-13-23-43-41(27-29-45(53(43)47)57-61-55-49(37-19-9-3-10-20-37)31-39(33-51(55)63(57)59)35-15-5-1-6-16-35)42-28-30-46-54-44(42)24-14-26-48(54)60(66)64-52-34-40(36-17-7-2-8-18-36)32-50(56(52)62-58(46)64)38-21-11-4-12-22-38/h1-34,59,65H. The first-order valence-electron chi connectivity index (χ1n) is 22.3. The van der Waals surface area contributed by atoms with Crippen LogP contribution >= 0.6 is 0 Å². The predicted molar refractivity (Wildman–Crippen MR) is 269 cm³/mol. The summed E-state index contributed by atoms with van der Waals surface area (Å²) in [6.07, 6.45) is -0.976. The van der Waals surface area contributed by atoms with Crippen molar-refractivity contribution in [3.63, 3.8) is 0 Å². The number of nitrogens with zero attached hydrogens (tertiary/aromatic N) is 4. The SMILES string of the molecule is O=c1c2cccc3c(-c4ccc5c6c(cccc46)C(O)n4c-5nc5c(-c6ccccc6)cc(-c6ccccc6)cc54)ccc(c32)c2nc3c(-c4ccccc4)cc(-c4ccccc4)cc3n12. The molecule has 0 bridgehead atoms. The Morgan fingerprint density at radius 2 is 0.894 bits per heavy atom.